The van der Waals surface area contributed by atoms with Crippen LogP contribution < -0.4 is 10.2 Å². The predicted molar refractivity (Wildman–Crippen MR) is 50.4 cm³/mol. The second kappa shape index (κ2) is 9.99. The van der Waals surface area contributed by atoms with E-state index in [2.05, 4.69) is 0 Å². The molecule has 0 radical (unpaired) electrons. The van der Waals surface area contributed by atoms with E-state index in [1.54, 1.807) is 0 Å². The van der Waals surface area contributed by atoms with Gasteiger partial charge in [0.15, 0.2) is 0 Å². The van der Waals surface area contributed by atoms with Crippen LogP contribution in [0.1, 0.15) is 0 Å². The maximum Gasteiger partial charge on any atom is 2.00 e. The van der Waals surface area contributed by atoms with E-state index in [1.807, 2.05) is 0 Å². The van der Waals surface area contributed by atoms with Crippen LogP contribution in [0, 0.1) is 0 Å². The Morgan fingerprint density at radius 3 is 0.815 bits per heavy atom. The van der Waals surface area contributed by atoms with Gasteiger partial charge in [0.1, 0.15) is 0 Å². The van der Waals surface area contributed by atoms with E-state index in [-0.39, 0.29) is 21.1 Å². The van der Waals surface area contributed by atoms with Gasteiger partial charge in [0.25, 0.3) is 11.6 Å². The molecule has 0 atom stereocenters. The minimum atomic E-state index is -5.46. The van der Waals surface area contributed by atoms with Gasteiger partial charge in [-0.3, -0.25) is 9.59 Å². The smallest absolute Gasteiger partial charge is 0.869 e. The fourth-order valence-electron chi connectivity index (χ4n) is 0.565. The number of hydrogen-bond donors (Lipinski definition) is 0. The molecule has 0 aromatic carbocycles. The van der Waals surface area contributed by atoms with Crippen molar-refractivity contribution >= 4 is 11.6 Å². The van der Waals surface area contributed by atoms with E-state index in [4.69, 9.17) is 0 Å². The maximum absolute atomic E-state index is 11.3. The van der Waals surface area contributed by atoms with Crippen LogP contribution in [0.3, 0.4) is 0 Å². The summed E-state index contributed by atoms with van der Waals surface area (Å²) < 4.78 is 136. The molecule has 0 aromatic rings. The number of hydrogen-bond acceptors (Lipinski definition) is 4. The van der Waals surface area contributed by atoms with Gasteiger partial charge in [-0.05, 0) is 23.7 Å². The van der Waals surface area contributed by atoms with Gasteiger partial charge in [0.05, 0.1) is 0 Å². The molecule has 0 saturated heterocycles. The minimum Gasteiger partial charge on any atom is -0.869 e. The Morgan fingerprint density at radius 2 is 0.704 bits per heavy atom. The zero-order valence-electron chi connectivity index (χ0n) is 11.6. The summed E-state index contributed by atoms with van der Waals surface area (Å²) in [6.45, 7) is 0. The predicted octanol–water partition coefficient (Wildman–Crippen LogP) is 1.85. The van der Waals surface area contributed by atoms with Crippen molar-refractivity contribution in [2.24, 2.45) is 0 Å². The second-order valence-corrected chi connectivity index (χ2v) is 3.74. The number of ketones is 2. The van der Waals surface area contributed by atoms with Crippen LogP contribution in [-0.2, 0) is 30.7 Å². The number of rotatable bonds is 2. The standard InChI is InChI=1S/2C5H2F6O2.Pt/c2*6-4(7,8)2(12)1-3(13)5(9,10)11;/h2*1,12H;/q;;+2/p-2/b2*2-1-;. The molecule has 0 heterocycles. The Morgan fingerprint density at radius 1 is 0.519 bits per heavy atom. The van der Waals surface area contributed by atoms with Crippen molar-refractivity contribution in [3.05, 3.63) is 23.7 Å². The molecule has 4 nitrogen and oxygen atoms in total. The molecular weight excluding hydrogens is 607 g/mol. The topological polar surface area (TPSA) is 80.3 Å². The normalized spacial score (nSPS) is 13.9. The zero-order chi connectivity index (χ0) is 21.7. The SMILES string of the molecule is O=C(/C=C(\[O-])C(F)(F)F)C(F)(F)F.O=C(/C=C(\[O-])C(F)(F)F)C(F)(F)F.[Pt+2]. The molecule has 17 heteroatoms. The Bertz CT molecular complexity index is 527. The van der Waals surface area contributed by atoms with Gasteiger partial charge in [-0.15, -0.1) is 0 Å². The van der Waals surface area contributed by atoms with E-state index in [0.717, 1.165) is 0 Å². The fourth-order valence-corrected chi connectivity index (χ4v) is 0.565. The van der Waals surface area contributed by atoms with Crippen molar-refractivity contribution < 1.29 is 93.6 Å². The Labute approximate surface area is 154 Å². The van der Waals surface area contributed by atoms with Gasteiger partial charge in [-0.25, -0.2) is 0 Å². The molecule has 0 fully saturated rings. The summed E-state index contributed by atoms with van der Waals surface area (Å²) in [5.74, 6) is -11.3. The zero-order valence-corrected chi connectivity index (χ0v) is 13.9. The molecule has 0 rings (SSSR count). The van der Waals surface area contributed by atoms with Gasteiger partial charge >= 0.3 is 45.8 Å². The molecule has 0 aliphatic heterocycles. The van der Waals surface area contributed by atoms with Crippen LogP contribution in [0.15, 0.2) is 23.7 Å². The molecule has 0 saturated carbocycles. The van der Waals surface area contributed by atoms with Crippen molar-refractivity contribution in [3.8, 4) is 0 Å². The first-order chi connectivity index (χ1) is 11.1. The fraction of sp³-hybridized carbons (Fsp3) is 0.400. The number of carbonyl (C=O) groups is 2. The largest absolute Gasteiger partial charge is 2.00 e. The van der Waals surface area contributed by atoms with Crippen molar-refractivity contribution in [3.63, 3.8) is 0 Å². The molecule has 0 aliphatic rings. The number of alkyl halides is 12. The average molecular weight is 609 g/mol. The third-order valence-corrected chi connectivity index (χ3v) is 1.64. The number of halogens is 12. The summed E-state index contributed by atoms with van der Waals surface area (Å²) >= 11 is 0. The summed E-state index contributed by atoms with van der Waals surface area (Å²) in [6.07, 6.45) is -23.9. The molecular formula is C10H2F12O4Pt. The first-order valence-corrected chi connectivity index (χ1v) is 5.24. The molecule has 0 amide bonds. The van der Waals surface area contributed by atoms with Crippen molar-refractivity contribution in [2.45, 2.75) is 24.7 Å². The Balaban J connectivity index is -0.000000411. The van der Waals surface area contributed by atoms with Gasteiger partial charge in [0, 0.05) is 0 Å². The third kappa shape index (κ3) is 13.1. The van der Waals surface area contributed by atoms with Crippen LogP contribution in [0.5, 0.6) is 0 Å². The van der Waals surface area contributed by atoms with Crippen LogP contribution in [-0.4, -0.2) is 36.3 Å². The molecule has 0 N–H and O–H groups in total. The Hall–Kier alpha value is -1.73. The van der Waals surface area contributed by atoms with Gasteiger partial charge in [0.2, 0.25) is 0 Å². The molecule has 0 bridgehead atoms. The molecule has 27 heavy (non-hydrogen) atoms. The van der Waals surface area contributed by atoms with E-state index in [0.29, 0.717) is 0 Å². The Kier molecular flexibility index (Phi) is 11.1. The maximum atomic E-state index is 11.3. The van der Waals surface area contributed by atoms with Crippen LogP contribution >= 0.6 is 0 Å². The summed E-state index contributed by atoms with van der Waals surface area (Å²) in [4.78, 5) is 19.6. The van der Waals surface area contributed by atoms with Crippen LogP contribution in [0.2, 0.25) is 0 Å². The average Bonchev–Trinajstić information content (AvgIpc) is 2.34. The van der Waals surface area contributed by atoms with Crippen molar-refractivity contribution in [1.29, 1.82) is 0 Å². The summed E-state index contributed by atoms with van der Waals surface area (Å²) in [5, 5.41) is 19.6. The summed E-state index contributed by atoms with van der Waals surface area (Å²) in [5.41, 5.74) is 0. The molecule has 0 aliphatic carbocycles. The minimum absolute atomic E-state index is 0. The van der Waals surface area contributed by atoms with E-state index >= 15 is 0 Å². The third-order valence-electron chi connectivity index (χ3n) is 1.64. The quantitative estimate of drug-likeness (QED) is 0.272. The molecule has 0 unspecified atom stereocenters. The van der Waals surface area contributed by atoms with Crippen LogP contribution in [0.4, 0.5) is 52.7 Å². The van der Waals surface area contributed by atoms with Crippen LogP contribution in [0.25, 0.3) is 0 Å². The van der Waals surface area contributed by atoms with Gasteiger partial charge in [-0.2, -0.15) is 52.7 Å². The molecule has 0 spiro atoms. The first kappa shape index (κ1) is 30.0. The number of carbonyl (C=O) groups excluding carboxylic acids is 2. The van der Waals surface area contributed by atoms with Crippen molar-refractivity contribution in [2.75, 3.05) is 0 Å². The summed E-state index contributed by atoms with van der Waals surface area (Å²) in [6, 6.07) is 0. The van der Waals surface area contributed by atoms with Gasteiger partial charge < -0.3 is 10.2 Å². The van der Waals surface area contributed by atoms with E-state index in [9.17, 15) is 72.5 Å². The molecule has 0 aromatic heterocycles. The summed E-state index contributed by atoms with van der Waals surface area (Å²) in [7, 11) is 0. The molecule has 160 valence electrons. The van der Waals surface area contributed by atoms with E-state index < -0.39 is 59.9 Å². The van der Waals surface area contributed by atoms with Gasteiger partial charge in [-0.1, -0.05) is 0 Å². The monoisotopic (exact) mass is 609 g/mol. The number of allylic oxidation sites excluding steroid dienone is 4. The first-order valence-electron chi connectivity index (χ1n) is 5.24. The second-order valence-electron chi connectivity index (χ2n) is 3.74. The van der Waals surface area contributed by atoms with Crippen molar-refractivity contribution in [1.82, 2.24) is 0 Å². The van der Waals surface area contributed by atoms with E-state index in [1.165, 1.54) is 0 Å².